The molecule has 14 heavy (non-hydrogen) atoms. The van der Waals surface area contributed by atoms with Crippen molar-refractivity contribution in [3.63, 3.8) is 0 Å². The van der Waals surface area contributed by atoms with Crippen LogP contribution in [0, 0.1) is 0 Å². The van der Waals surface area contributed by atoms with E-state index in [0.717, 1.165) is 17.3 Å². The summed E-state index contributed by atoms with van der Waals surface area (Å²) in [5, 5.41) is 4.18. The molecule has 0 saturated heterocycles. The zero-order valence-corrected chi connectivity index (χ0v) is 11.1. The molecule has 0 atom stereocenters. The summed E-state index contributed by atoms with van der Waals surface area (Å²) in [6, 6.07) is 5.97. The van der Waals surface area contributed by atoms with Crippen LogP contribution in [-0.4, -0.2) is 24.3 Å². The number of halogens is 2. The Morgan fingerprint density at radius 3 is 2.71 bits per heavy atom. The second-order valence-electron chi connectivity index (χ2n) is 2.18. The van der Waals surface area contributed by atoms with Crippen LogP contribution in [0.1, 0.15) is 0 Å². The van der Waals surface area contributed by atoms with Gasteiger partial charge in [-0.15, -0.1) is 24.8 Å². The zero-order valence-electron chi connectivity index (χ0n) is 7.80. The zero-order chi connectivity index (χ0) is 8.65. The first-order chi connectivity index (χ1) is 5.93. The van der Waals surface area contributed by atoms with Crippen LogP contribution in [0.4, 0.5) is 0 Å². The standard InChI is InChI=1S/C8H12N2S2.2ClH/c1-9-6-7-11-12-8-4-2-3-5-10-8;;/h2-5,9H,6-7H2,1H3;2*1H. The molecule has 0 unspecified atom stereocenters. The molecule has 0 saturated carbocycles. The summed E-state index contributed by atoms with van der Waals surface area (Å²) in [5.74, 6) is 1.11. The summed E-state index contributed by atoms with van der Waals surface area (Å²) in [7, 11) is 5.51. The summed E-state index contributed by atoms with van der Waals surface area (Å²) in [6.45, 7) is 1.05. The van der Waals surface area contributed by atoms with E-state index in [-0.39, 0.29) is 24.8 Å². The lowest BCUT2D eigenvalue weighted by Gasteiger charge is -1.98. The normalized spacial score (nSPS) is 8.64. The molecule has 1 rings (SSSR count). The fourth-order valence-electron chi connectivity index (χ4n) is 0.642. The molecule has 0 radical (unpaired) electrons. The van der Waals surface area contributed by atoms with E-state index < -0.39 is 0 Å². The predicted octanol–water partition coefficient (Wildman–Crippen LogP) is 2.88. The lowest BCUT2D eigenvalue weighted by atomic mass is 10.5. The van der Waals surface area contributed by atoms with Gasteiger partial charge in [-0.25, -0.2) is 4.98 Å². The van der Waals surface area contributed by atoms with Gasteiger partial charge in [-0.3, -0.25) is 0 Å². The molecule has 0 aliphatic rings. The van der Waals surface area contributed by atoms with Crippen LogP contribution in [0.3, 0.4) is 0 Å². The summed E-state index contributed by atoms with van der Waals surface area (Å²) >= 11 is 0. The number of hydrogen-bond acceptors (Lipinski definition) is 4. The third kappa shape index (κ3) is 7.76. The van der Waals surface area contributed by atoms with E-state index in [1.54, 1.807) is 10.8 Å². The van der Waals surface area contributed by atoms with Gasteiger partial charge in [0.2, 0.25) is 0 Å². The molecule has 1 aromatic rings. The van der Waals surface area contributed by atoms with E-state index in [0.29, 0.717) is 0 Å². The van der Waals surface area contributed by atoms with Crippen molar-refractivity contribution < 1.29 is 0 Å². The van der Waals surface area contributed by atoms with Crippen molar-refractivity contribution in [2.45, 2.75) is 5.03 Å². The molecule has 1 N–H and O–H groups in total. The van der Waals surface area contributed by atoms with Crippen LogP contribution in [0.15, 0.2) is 29.4 Å². The first-order valence-electron chi connectivity index (χ1n) is 3.78. The van der Waals surface area contributed by atoms with Crippen LogP contribution in [0.2, 0.25) is 0 Å². The number of pyridine rings is 1. The Kier molecular flexibility index (Phi) is 13.8. The highest BCUT2D eigenvalue weighted by atomic mass is 35.5. The summed E-state index contributed by atoms with van der Waals surface area (Å²) < 4.78 is 0. The molecule has 0 bridgehead atoms. The van der Waals surface area contributed by atoms with Crippen LogP contribution >= 0.6 is 46.4 Å². The van der Waals surface area contributed by atoms with Crippen LogP contribution < -0.4 is 5.32 Å². The molecule has 82 valence electrons. The monoisotopic (exact) mass is 272 g/mol. The summed E-state index contributed by atoms with van der Waals surface area (Å²) in [4.78, 5) is 4.20. The smallest absolute Gasteiger partial charge is 0.106 e. The number of rotatable bonds is 5. The summed E-state index contributed by atoms with van der Waals surface area (Å²) in [6.07, 6.45) is 1.82. The lowest BCUT2D eigenvalue weighted by molar-refractivity contribution is 0.873. The predicted molar refractivity (Wildman–Crippen MR) is 71.0 cm³/mol. The van der Waals surface area contributed by atoms with Gasteiger partial charge in [0.25, 0.3) is 0 Å². The Bertz CT molecular complexity index is 212. The maximum absolute atomic E-state index is 4.20. The second-order valence-corrected chi connectivity index (χ2v) is 4.61. The van der Waals surface area contributed by atoms with Crippen molar-refractivity contribution in [3.05, 3.63) is 24.4 Å². The van der Waals surface area contributed by atoms with Crippen molar-refractivity contribution in [1.29, 1.82) is 0 Å². The van der Waals surface area contributed by atoms with Gasteiger partial charge in [-0.2, -0.15) is 0 Å². The van der Waals surface area contributed by atoms with Gasteiger partial charge in [-0.1, -0.05) is 16.9 Å². The average molecular weight is 273 g/mol. The molecule has 1 aromatic heterocycles. The maximum atomic E-state index is 4.20. The maximum Gasteiger partial charge on any atom is 0.106 e. The van der Waals surface area contributed by atoms with Crippen molar-refractivity contribution in [2.24, 2.45) is 0 Å². The van der Waals surface area contributed by atoms with E-state index in [9.17, 15) is 0 Å². The van der Waals surface area contributed by atoms with Gasteiger partial charge in [-0.05, 0) is 30.0 Å². The highest BCUT2D eigenvalue weighted by Gasteiger charge is 1.92. The van der Waals surface area contributed by atoms with Gasteiger partial charge >= 0.3 is 0 Å². The molecule has 2 nitrogen and oxygen atoms in total. The third-order valence-corrected chi connectivity index (χ3v) is 3.48. The number of aromatic nitrogens is 1. The van der Waals surface area contributed by atoms with E-state index in [1.165, 1.54) is 0 Å². The Morgan fingerprint density at radius 1 is 1.36 bits per heavy atom. The van der Waals surface area contributed by atoms with E-state index in [2.05, 4.69) is 10.3 Å². The van der Waals surface area contributed by atoms with Gasteiger partial charge < -0.3 is 5.32 Å². The van der Waals surface area contributed by atoms with Crippen molar-refractivity contribution in [1.82, 2.24) is 10.3 Å². The molecule has 0 spiro atoms. The van der Waals surface area contributed by atoms with Gasteiger partial charge in [0.1, 0.15) is 5.03 Å². The molecular weight excluding hydrogens is 259 g/mol. The minimum atomic E-state index is 0. The first-order valence-corrected chi connectivity index (χ1v) is 6.10. The van der Waals surface area contributed by atoms with Crippen LogP contribution in [0.5, 0.6) is 0 Å². The molecule has 0 aliphatic heterocycles. The number of hydrogen-bond donors (Lipinski definition) is 1. The average Bonchev–Trinajstić information content (AvgIpc) is 2.14. The molecule has 6 heteroatoms. The van der Waals surface area contributed by atoms with E-state index in [1.807, 2.05) is 42.2 Å². The first kappa shape index (κ1) is 16.8. The van der Waals surface area contributed by atoms with Crippen LogP contribution in [-0.2, 0) is 0 Å². The van der Waals surface area contributed by atoms with Crippen molar-refractivity contribution >= 4 is 46.4 Å². The quantitative estimate of drug-likeness (QED) is 0.658. The van der Waals surface area contributed by atoms with E-state index in [4.69, 9.17) is 0 Å². The third-order valence-electron chi connectivity index (χ3n) is 1.22. The van der Waals surface area contributed by atoms with Gasteiger partial charge in [0.05, 0.1) is 0 Å². The minimum absolute atomic E-state index is 0. The Morgan fingerprint density at radius 2 is 2.14 bits per heavy atom. The van der Waals surface area contributed by atoms with Crippen molar-refractivity contribution in [2.75, 3.05) is 19.3 Å². The number of nitrogens with zero attached hydrogens (tertiary/aromatic N) is 1. The fourth-order valence-corrected chi connectivity index (χ4v) is 2.53. The molecule has 1 heterocycles. The minimum Gasteiger partial charge on any atom is -0.319 e. The van der Waals surface area contributed by atoms with Crippen molar-refractivity contribution in [3.8, 4) is 0 Å². The van der Waals surface area contributed by atoms with E-state index >= 15 is 0 Å². The Balaban J connectivity index is 0. The fraction of sp³-hybridized carbons (Fsp3) is 0.375. The molecule has 0 aliphatic carbocycles. The Labute approximate surface area is 105 Å². The molecule has 0 fully saturated rings. The molecule has 0 amide bonds. The molecule has 0 aromatic carbocycles. The lowest BCUT2D eigenvalue weighted by Crippen LogP contribution is -2.08. The Hall–Kier alpha value is 0.390. The highest BCUT2D eigenvalue weighted by Crippen LogP contribution is 2.27. The van der Waals surface area contributed by atoms with Gasteiger partial charge in [0.15, 0.2) is 0 Å². The van der Waals surface area contributed by atoms with Crippen LogP contribution in [0.25, 0.3) is 0 Å². The highest BCUT2D eigenvalue weighted by molar-refractivity contribution is 8.76. The van der Waals surface area contributed by atoms with Gasteiger partial charge in [0, 0.05) is 18.5 Å². The largest absolute Gasteiger partial charge is 0.319 e. The second kappa shape index (κ2) is 11.5. The molecular formula is C8H14Cl2N2S2. The topological polar surface area (TPSA) is 24.9 Å². The SMILES string of the molecule is CNCCSSc1ccccn1.Cl.Cl. The summed E-state index contributed by atoms with van der Waals surface area (Å²) in [5.41, 5.74) is 0. The number of nitrogens with one attached hydrogen (secondary N) is 1.